The van der Waals surface area contributed by atoms with E-state index >= 15 is 0 Å². The second-order valence-electron chi connectivity index (χ2n) is 6.31. The van der Waals surface area contributed by atoms with Crippen LogP contribution in [0.25, 0.3) is 5.65 Å². The fraction of sp³-hybridized carbons (Fsp3) is 0.562. The first kappa shape index (κ1) is 14.9. The Morgan fingerprint density at radius 2 is 1.85 bits per heavy atom. The number of aromatic nitrogens is 2. The van der Waals surface area contributed by atoms with Crippen molar-refractivity contribution in [3.05, 3.63) is 29.7 Å². The predicted molar refractivity (Wildman–Crippen MR) is 84.9 cm³/mol. The van der Waals surface area contributed by atoms with Crippen LogP contribution in [0.2, 0.25) is 0 Å². The zero-order chi connectivity index (χ0) is 14.9. The number of pyridine rings is 1. The first-order chi connectivity index (χ1) is 9.36. The molecule has 0 unspecified atom stereocenters. The van der Waals surface area contributed by atoms with Crippen molar-refractivity contribution in [1.82, 2.24) is 14.3 Å². The van der Waals surface area contributed by atoms with Crippen molar-refractivity contribution in [2.24, 2.45) is 0 Å². The molecule has 2 N–H and O–H groups in total. The number of rotatable bonds is 4. The summed E-state index contributed by atoms with van der Waals surface area (Å²) in [6, 6.07) is 3.91. The number of imidazole rings is 1. The molecule has 0 spiro atoms. The van der Waals surface area contributed by atoms with Crippen molar-refractivity contribution in [2.45, 2.75) is 46.6 Å². The van der Waals surface area contributed by atoms with Crippen LogP contribution >= 0.6 is 0 Å². The SMILES string of the molecule is CCN(CC)Cc1c(C(C)(C)C)nc2ccc(N)cn12. The van der Waals surface area contributed by atoms with Gasteiger partial charge in [0, 0.05) is 23.8 Å². The van der Waals surface area contributed by atoms with Crippen molar-refractivity contribution in [1.29, 1.82) is 0 Å². The maximum Gasteiger partial charge on any atom is 0.137 e. The van der Waals surface area contributed by atoms with Gasteiger partial charge in [-0.05, 0) is 25.2 Å². The highest BCUT2D eigenvalue weighted by molar-refractivity contribution is 5.51. The van der Waals surface area contributed by atoms with Crippen LogP contribution in [0.5, 0.6) is 0 Å². The van der Waals surface area contributed by atoms with Gasteiger partial charge >= 0.3 is 0 Å². The molecule has 0 amide bonds. The Hall–Kier alpha value is -1.55. The molecule has 0 bridgehead atoms. The third-order valence-corrected chi connectivity index (χ3v) is 3.72. The number of nitrogens with two attached hydrogens (primary N) is 1. The zero-order valence-corrected chi connectivity index (χ0v) is 13.3. The molecule has 2 heterocycles. The number of nitrogens with zero attached hydrogens (tertiary/aromatic N) is 3. The number of hydrogen-bond acceptors (Lipinski definition) is 3. The molecule has 4 heteroatoms. The molecule has 0 saturated carbocycles. The molecule has 0 atom stereocenters. The molecule has 0 radical (unpaired) electrons. The standard InChI is InChI=1S/C16H26N4/c1-6-19(7-2)11-13-15(16(3,4)5)18-14-9-8-12(17)10-20(13)14/h8-10H,6-7,11,17H2,1-5H3. The molecule has 0 aromatic carbocycles. The van der Waals surface area contributed by atoms with E-state index in [0.717, 1.165) is 36.7 Å². The van der Waals surface area contributed by atoms with E-state index in [4.69, 9.17) is 10.7 Å². The number of hydrogen-bond donors (Lipinski definition) is 1. The minimum atomic E-state index is 0.0310. The van der Waals surface area contributed by atoms with Gasteiger partial charge < -0.3 is 10.1 Å². The van der Waals surface area contributed by atoms with Gasteiger partial charge in [-0.1, -0.05) is 34.6 Å². The number of fused-ring (bicyclic) bond motifs is 1. The molecular weight excluding hydrogens is 248 g/mol. The summed E-state index contributed by atoms with van der Waals surface area (Å²) >= 11 is 0. The molecular formula is C16H26N4. The average Bonchev–Trinajstić information content (AvgIpc) is 2.74. The lowest BCUT2D eigenvalue weighted by Crippen LogP contribution is -2.25. The molecule has 0 aliphatic heterocycles. The quantitative estimate of drug-likeness (QED) is 0.932. The summed E-state index contributed by atoms with van der Waals surface area (Å²) in [5, 5.41) is 0. The third-order valence-electron chi connectivity index (χ3n) is 3.72. The summed E-state index contributed by atoms with van der Waals surface area (Å²) in [7, 11) is 0. The summed E-state index contributed by atoms with van der Waals surface area (Å²) < 4.78 is 2.15. The van der Waals surface area contributed by atoms with Gasteiger partial charge in [-0.3, -0.25) is 4.90 Å². The van der Waals surface area contributed by atoms with Crippen molar-refractivity contribution >= 4 is 11.3 Å². The van der Waals surface area contributed by atoms with Crippen LogP contribution in [0.4, 0.5) is 5.69 Å². The molecule has 20 heavy (non-hydrogen) atoms. The molecule has 2 aromatic rings. The van der Waals surface area contributed by atoms with E-state index < -0.39 is 0 Å². The fourth-order valence-electron chi connectivity index (χ4n) is 2.52. The molecule has 0 aliphatic rings. The highest BCUT2D eigenvalue weighted by Gasteiger charge is 2.24. The van der Waals surface area contributed by atoms with Crippen LogP contribution in [0.3, 0.4) is 0 Å². The van der Waals surface area contributed by atoms with Gasteiger partial charge in [0.1, 0.15) is 5.65 Å². The fourth-order valence-corrected chi connectivity index (χ4v) is 2.52. The third kappa shape index (κ3) is 2.80. The second-order valence-corrected chi connectivity index (χ2v) is 6.31. The summed E-state index contributed by atoms with van der Waals surface area (Å²) in [5.41, 5.74) is 10.1. The zero-order valence-electron chi connectivity index (χ0n) is 13.3. The number of nitrogen functional groups attached to an aromatic ring is 1. The monoisotopic (exact) mass is 274 g/mol. The topological polar surface area (TPSA) is 46.6 Å². The Kier molecular flexibility index (Phi) is 4.04. The van der Waals surface area contributed by atoms with E-state index in [-0.39, 0.29) is 5.41 Å². The Morgan fingerprint density at radius 3 is 2.40 bits per heavy atom. The molecule has 0 saturated heterocycles. The van der Waals surface area contributed by atoms with Crippen LogP contribution in [0.15, 0.2) is 18.3 Å². The largest absolute Gasteiger partial charge is 0.398 e. The maximum absolute atomic E-state index is 5.94. The minimum Gasteiger partial charge on any atom is -0.398 e. The van der Waals surface area contributed by atoms with Gasteiger partial charge in [0.05, 0.1) is 11.4 Å². The number of anilines is 1. The lowest BCUT2D eigenvalue weighted by atomic mass is 9.90. The molecule has 0 fully saturated rings. The first-order valence-corrected chi connectivity index (χ1v) is 7.36. The summed E-state index contributed by atoms with van der Waals surface area (Å²) in [4.78, 5) is 7.23. The Labute approximate surface area is 121 Å². The highest BCUT2D eigenvalue weighted by atomic mass is 15.1. The lowest BCUT2D eigenvalue weighted by molar-refractivity contribution is 0.288. The van der Waals surface area contributed by atoms with Crippen molar-refractivity contribution in [3.8, 4) is 0 Å². The van der Waals surface area contributed by atoms with E-state index in [1.54, 1.807) is 0 Å². The smallest absolute Gasteiger partial charge is 0.137 e. The van der Waals surface area contributed by atoms with E-state index in [9.17, 15) is 0 Å². The van der Waals surface area contributed by atoms with E-state index in [1.165, 1.54) is 5.69 Å². The summed E-state index contributed by atoms with van der Waals surface area (Å²) in [5.74, 6) is 0. The van der Waals surface area contributed by atoms with Crippen LogP contribution in [-0.2, 0) is 12.0 Å². The Balaban J connectivity index is 2.60. The maximum atomic E-state index is 5.94. The molecule has 2 rings (SSSR count). The molecule has 2 aromatic heterocycles. The minimum absolute atomic E-state index is 0.0310. The van der Waals surface area contributed by atoms with Crippen LogP contribution < -0.4 is 5.73 Å². The second kappa shape index (κ2) is 5.44. The van der Waals surface area contributed by atoms with Gasteiger partial charge in [0.25, 0.3) is 0 Å². The van der Waals surface area contributed by atoms with Gasteiger partial charge in [-0.2, -0.15) is 0 Å². The van der Waals surface area contributed by atoms with E-state index in [1.807, 2.05) is 18.3 Å². The lowest BCUT2D eigenvalue weighted by Gasteiger charge is -2.22. The van der Waals surface area contributed by atoms with Gasteiger partial charge in [-0.15, -0.1) is 0 Å². The van der Waals surface area contributed by atoms with E-state index in [2.05, 4.69) is 43.9 Å². The van der Waals surface area contributed by atoms with Crippen molar-refractivity contribution in [2.75, 3.05) is 18.8 Å². The normalized spacial score (nSPS) is 12.5. The van der Waals surface area contributed by atoms with E-state index in [0.29, 0.717) is 0 Å². The first-order valence-electron chi connectivity index (χ1n) is 7.36. The predicted octanol–water partition coefficient (Wildman–Crippen LogP) is 3.06. The summed E-state index contributed by atoms with van der Waals surface area (Å²) in [6.45, 7) is 14.0. The molecule has 110 valence electrons. The van der Waals surface area contributed by atoms with Crippen LogP contribution in [0.1, 0.15) is 46.0 Å². The molecule has 0 aliphatic carbocycles. The van der Waals surface area contributed by atoms with Crippen molar-refractivity contribution < 1.29 is 0 Å². The van der Waals surface area contributed by atoms with Crippen molar-refractivity contribution in [3.63, 3.8) is 0 Å². The van der Waals surface area contributed by atoms with Gasteiger partial charge in [0.15, 0.2) is 0 Å². The highest BCUT2D eigenvalue weighted by Crippen LogP contribution is 2.27. The molecule has 4 nitrogen and oxygen atoms in total. The Morgan fingerprint density at radius 1 is 1.20 bits per heavy atom. The van der Waals surface area contributed by atoms with Crippen LogP contribution in [-0.4, -0.2) is 27.4 Å². The summed E-state index contributed by atoms with van der Waals surface area (Å²) in [6.07, 6.45) is 1.98. The average molecular weight is 274 g/mol. The van der Waals surface area contributed by atoms with Gasteiger partial charge in [0.2, 0.25) is 0 Å². The van der Waals surface area contributed by atoms with Crippen LogP contribution in [0, 0.1) is 0 Å². The Bertz CT molecular complexity index is 588. The van der Waals surface area contributed by atoms with Gasteiger partial charge in [-0.25, -0.2) is 4.98 Å².